The number of ether oxygens (including phenoxy) is 1. The van der Waals surface area contributed by atoms with Crippen LogP contribution < -0.4 is 0 Å². The zero-order valence-corrected chi connectivity index (χ0v) is 20.1. The minimum Gasteiger partial charge on any atom is -0.451 e. The first kappa shape index (κ1) is 24.4. The average Bonchev–Trinajstić information content (AvgIpc) is 3.30. The molecule has 0 N–H and O–H groups in total. The van der Waals surface area contributed by atoms with Crippen molar-refractivity contribution in [3.63, 3.8) is 0 Å². The van der Waals surface area contributed by atoms with Crippen LogP contribution in [0.15, 0.2) is 71.6 Å². The molecule has 1 aliphatic heterocycles. The molecule has 1 saturated carbocycles. The second kappa shape index (κ2) is 10.4. The van der Waals surface area contributed by atoms with E-state index in [4.69, 9.17) is 9.84 Å². The lowest BCUT2D eigenvalue weighted by molar-refractivity contribution is -0.137. The molecule has 1 aromatic heterocycles. The van der Waals surface area contributed by atoms with Gasteiger partial charge in [-0.1, -0.05) is 24.3 Å². The maximum absolute atomic E-state index is 13.7. The van der Waals surface area contributed by atoms with E-state index in [0.29, 0.717) is 5.69 Å². The van der Waals surface area contributed by atoms with Crippen LogP contribution >= 0.6 is 0 Å². The van der Waals surface area contributed by atoms with Gasteiger partial charge in [-0.2, -0.15) is 5.10 Å². The van der Waals surface area contributed by atoms with Crippen molar-refractivity contribution in [2.75, 3.05) is 6.61 Å². The number of nitrogens with zero attached hydrogens (tertiary/aromatic N) is 4. The van der Waals surface area contributed by atoms with Crippen LogP contribution in [0.4, 0.5) is 8.78 Å². The Morgan fingerprint density at radius 3 is 2.41 bits per heavy atom. The van der Waals surface area contributed by atoms with Gasteiger partial charge in [0, 0.05) is 12.1 Å². The Labute approximate surface area is 212 Å². The van der Waals surface area contributed by atoms with Crippen molar-refractivity contribution in [3.05, 3.63) is 101 Å². The van der Waals surface area contributed by atoms with Gasteiger partial charge >= 0.3 is 5.97 Å². The molecule has 3 aromatic rings. The van der Waals surface area contributed by atoms with Gasteiger partial charge in [0.1, 0.15) is 11.6 Å². The van der Waals surface area contributed by atoms with Crippen LogP contribution in [0.3, 0.4) is 0 Å². The standard InChI is InChI=1S/C28H24F2N4O3/c1-17-14-32-24(15-31-17)28(36)37-16-25(35)34-27(19-7-11-22(30)12-8-19)23-4-2-3-20(26(23)33-34)13-18-5-9-21(29)10-6-18/h5-15,23,27H,2-4,16H2,1H3. The Kier molecular flexibility index (Phi) is 6.85. The zero-order chi connectivity index (χ0) is 25.9. The molecule has 2 unspecified atom stereocenters. The molecular weight excluding hydrogens is 478 g/mol. The Morgan fingerprint density at radius 2 is 1.73 bits per heavy atom. The zero-order valence-electron chi connectivity index (χ0n) is 20.1. The van der Waals surface area contributed by atoms with E-state index in [0.717, 1.165) is 41.7 Å². The predicted octanol–water partition coefficient (Wildman–Crippen LogP) is 5.04. The van der Waals surface area contributed by atoms with Crippen molar-refractivity contribution < 1.29 is 23.1 Å². The molecule has 5 rings (SSSR count). The van der Waals surface area contributed by atoms with E-state index in [1.54, 1.807) is 31.2 Å². The van der Waals surface area contributed by atoms with Gasteiger partial charge in [0.05, 0.1) is 23.6 Å². The lowest BCUT2D eigenvalue weighted by atomic mass is 9.77. The third-order valence-electron chi connectivity index (χ3n) is 6.50. The van der Waals surface area contributed by atoms with Gasteiger partial charge in [-0.3, -0.25) is 9.78 Å². The van der Waals surface area contributed by atoms with Gasteiger partial charge in [0.2, 0.25) is 0 Å². The molecule has 2 heterocycles. The van der Waals surface area contributed by atoms with Crippen LogP contribution in [0.5, 0.6) is 0 Å². The monoisotopic (exact) mass is 502 g/mol. The summed E-state index contributed by atoms with van der Waals surface area (Å²) in [6.07, 6.45) is 7.10. The lowest BCUT2D eigenvalue weighted by Crippen LogP contribution is -2.34. The van der Waals surface area contributed by atoms with Crippen LogP contribution in [-0.4, -0.2) is 39.2 Å². The Morgan fingerprint density at radius 1 is 1.03 bits per heavy atom. The third-order valence-corrected chi connectivity index (χ3v) is 6.50. The lowest BCUT2D eigenvalue weighted by Gasteiger charge is -2.29. The molecule has 0 radical (unpaired) electrons. The van der Waals surface area contributed by atoms with E-state index in [9.17, 15) is 18.4 Å². The van der Waals surface area contributed by atoms with Crippen molar-refractivity contribution in [2.24, 2.45) is 11.0 Å². The summed E-state index contributed by atoms with van der Waals surface area (Å²) in [5.74, 6) is -2.09. The fraction of sp³-hybridized carbons (Fsp3) is 0.250. The number of amides is 1. The number of halogens is 2. The summed E-state index contributed by atoms with van der Waals surface area (Å²) in [4.78, 5) is 33.7. The van der Waals surface area contributed by atoms with E-state index < -0.39 is 24.5 Å². The summed E-state index contributed by atoms with van der Waals surface area (Å²) in [5, 5.41) is 6.03. The molecule has 0 saturated heterocycles. The van der Waals surface area contributed by atoms with E-state index in [1.165, 1.54) is 41.7 Å². The minimum atomic E-state index is -0.764. The van der Waals surface area contributed by atoms with Gasteiger partial charge in [0.15, 0.2) is 12.3 Å². The number of fused-ring (bicyclic) bond motifs is 1. The quantitative estimate of drug-likeness (QED) is 0.456. The third kappa shape index (κ3) is 5.30. The maximum Gasteiger partial charge on any atom is 0.359 e. The van der Waals surface area contributed by atoms with Gasteiger partial charge in [0.25, 0.3) is 5.91 Å². The highest BCUT2D eigenvalue weighted by Crippen LogP contribution is 2.44. The number of aryl methyl sites for hydroxylation is 1. The molecule has 0 spiro atoms. The highest BCUT2D eigenvalue weighted by molar-refractivity contribution is 6.08. The summed E-state index contributed by atoms with van der Waals surface area (Å²) in [7, 11) is 0. The van der Waals surface area contributed by atoms with Crippen molar-refractivity contribution in [1.82, 2.24) is 15.0 Å². The SMILES string of the molecule is Cc1cnc(C(=O)OCC(=O)N2N=C3C(=Cc4ccc(F)cc4)CCCC3C2c2ccc(F)cc2)cn1. The average molecular weight is 503 g/mol. The highest BCUT2D eigenvalue weighted by Gasteiger charge is 2.43. The number of rotatable bonds is 5. The van der Waals surface area contributed by atoms with Crippen LogP contribution in [0.25, 0.3) is 6.08 Å². The summed E-state index contributed by atoms with van der Waals surface area (Å²) in [6.45, 7) is 1.21. The van der Waals surface area contributed by atoms with Crippen molar-refractivity contribution in [3.8, 4) is 0 Å². The summed E-state index contributed by atoms with van der Waals surface area (Å²) >= 11 is 0. The topological polar surface area (TPSA) is 84.8 Å². The first-order valence-corrected chi connectivity index (χ1v) is 12.0. The Balaban J connectivity index is 1.43. The fourth-order valence-electron chi connectivity index (χ4n) is 4.73. The number of benzene rings is 2. The van der Waals surface area contributed by atoms with Gasteiger partial charge in [-0.15, -0.1) is 0 Å². The molecule has 2 aromatic carbocycles. The van der Waals surface area contributed by atoms with Crippen molar-refractivity contribution in [1.29, 1.82) is 0 Å². The molecule has 37 heavy (non-hydrogen) atoms. The molecule has 188 valence electrons. The van der Waals surface area contributed by atoms with E-state index in [1.807, 2.05) is 6.08 Å². The maximum atomic E-state index is 13.7. The Bertz CT molecular complexity index is 1370. The fourth-order valence-corrected chi connectivity index (χ4v) is 4.73. The first-order valence-electron chi connectivity index (χ1n) is 12.0. The highest BCUT2D eigenvalue weighted by atomic mass is 19.1. The van der Waals surface area contributed by atoms with Crippen LogP contribution in [0.1, 0.15) is 52.6 Å². The molecule has 2 aliphatic rings. The molecule has 1 fully saturated rings. The molecule has 9 heteroatoms. The van der Waals surface area contributed by atoms with Crippen LogP contribution in [-0.2, 0) is 9.53 Å². The van der Waals surface area contributed by atoms with Gasteiger partial charge < -0.3 is 4.74 Å². The predicted molar refractivity (Wildman–Crippen MR) is 132 cm³/mol. The van der Waals surface area contributed by atoms with E-state index >= 15 is 0 Å². The van der Waals surface area contributed by atoms with Gasteiger partial charge in [-0.05, 0) is 73.2 Å². The van der Waals surface area contributed by atoms with Gasteiger partial charge in [-0.25, -0.2) is 23.6 Å². The van der Waals surface area contributed by atoms with Crippen molar-refractivity contribution >= 4 is 23.7 Å². The number of hydrogen-bond acceptors (Lipinski definition) is 6. The number of carbonyl (C=O) groups excluding carboxylic acids is 2. The number of hydrogen-bond donors (Lipinski definition) is 0. The second-order valence-electron chi connectivity index (χ2n) is 9.06. The summed E-state index contributed by atoms with van der Waals surface area (Å²) in [5.41, 5.74) is 3.92. The molecule has 1 amide bonds. The number of hydrazone groups is 1. The van der Waals surface area contributed by atoms with E-state index in [-0.39, 0.29) is 23.2 Å². The first-order chi connectivity index (χ1) is 17.9. The number of carbonyl (C=O) groups is 2. The van der Waals surface area contributed by atoms with E-state index in [2.05, 4.69) is 9.97 Å². The van der Waals surface area contributed by atoms with Crippen LogP contribution in [0.2, 0.25) is 0 Å². The van der Waals surface area contributed by atoms with Crippen molar-refractivity contribution in [2.45, 2.75) is 32.2 Å². The normalized spacial score (nSPS) is 19.9. The summed E-state index contributed by atoms with van der Waals surface area (Å²) < 4.78 is 32.3. The smallest absolute Gasteiger partial charge is 0.359 e. The number of allylic oxidation sites excluding steroid dienone is 1. The molecule has 0 bridgehead atoms. The Hall–Kier alpha value is -4.27. The minimum absolute atomic E-state index is 0.000549. The number of aromatic nitrogens is 2. The molecule has 2 atom stereocenters. The molecular formula is C28H24F2N4O3. The molecule has 7 nitrogen and oxygen atoms in total. The van der Waals surface area contributed by atoms with Crippen LogP contribution in [0, 0.1) is 24.5 Å². The summed E-state index contributed by atoms with van der Waals surface area (Å²) in [6, 6.07) is 11.7. The number of esters is 1. The second-order valence-corrected chi connectivity index (χ2v) is 9.06. The molecule has 1 aliphatic carbocycles. The largest absolute Gasteiger partial charge is 0.451 e.